The number of nitrogens with zero attached hydrogens (tertiary/aromatic N) is 2. The first-order chi connectivity index (χ1) is 11.0. The van der Waals surface area contributed by atoms with Crippen LogP contribution in [0.3, 0.4) is 0 Å². The summed E-state index contributed by atoms with van der Waals surface area (Å²) in [5.41, 5.74) is 3.19. The Morgan fingerprint density at radius 2 is 1.87 bits per heavy atom. The molecular weight excluding hydrogens is 332 g/mol. The fourth-order valence-electron chi connectivity index (χ4n) is 2.84. The molecule has 1 heterocycles. The third-order valence-electron chi connectivity index (χ3n) is 4.11. The molecule has 0 spiro atoms. The van der Waals surface area contributed by atoms with Gasteiger partial charge in [-0.2, -0.15) is 17.0 Å². The summed E-state index contributed by atoms with van der Waals surface area (Å²) in [5, 5.41) is 0.611. The normalized spacial score (nSPS) is 15.6. The molecule has 122 valence electrons. The summed E-state index contributed by atoms with van der Waals surface area (Å²) in [6, 6.07) is 15.3. The summed E-state index contributed by atoms with van der Waals surface area (Å²) in [6.07, 6.45) is 0.750. The summed E-state index contributed by atoms with van der Waals surface area (Å²) in [6.45, 7) is 1.25. The van der Waals surface area contributed by atoms with E-state index < -0.39 is 10.2 Å². The van der Waals surface area contributed by atoms with Gasteiger partial charge in [-0.3, -0.25) is 0 Å². The van der Waals surface area contributed by atoms with E-state index in [-0.39, 0.29) is 0 Å². The molecule has 0 bridgehead atoms. The zero-order chi connectivity index (χ0) is 16.4. The lowest BCUT2D eigenvalue weighted by Crippen LogP contribution is -2.43. The van der Waals surface area contributed by atoms with Crippen LogP contribution in [0, 0.1) is 0 Å². The number of rotatable bonds is 4. The van der Waals surface area contributed by atoms with Crippen LogP contribution in [0.1, 0.15) is 16.7 Å². The minimum atomic E-state index is -3.49. The van der Waals surface area contributed by atoms with Crippen LogP contribution < -0.4 is 0 Å². The monoisotopic (exact) mass is 350 g/mol. The number of halogens is 1. The largest absolute Gasteiger partial charge is 0.282 e. The van der Waals surface area contributed by atoms with Gasteiger partial charge in [0, 0.05) is 31.7 Å². The van der Waals surface area contributed by atoms with E-state index in [2.05, 4.69) is 6.07 Å². The van der Waals surface area contributed by atoms with Crippen LogP contribution in [0.5, 0.6) is 0 Å². The third kappa shape index (κ3) is 3.58. The Hall–Kier alpha value is -1.40. The smallest absolute Gasteiger partial charge is 0.195 e. The molecule has 0 saturated carbocycles. The molecule has 0 atom stereocenters. The summed E-state index contributed by atoms with van der Waals surface area (Å²) >= 11 is 5.97. The Bertz CT molecular complexity index is 808. The van der Waals surface area contributed by atoms with E-state index in [0.29, 0.717) is 24.7 Å². The van der Waals surface area contributed by atoms with Crippen LogP contribution in [-0.4, -0.2) is 30.6 Å². The van der Waals surface area contributed by atoms with Crippen LogP contribution in [0.25, 0.3) is 0 Å². The van der Waals surface area contributed by atoms with Crippen molar-refractivity contribution in [1.82, 2.24) is 8.61 Å². The van der Waals surface area contributed by atoms with Gasteiger partial charge in [-0.15, -0.1) is 0 Å². The molecule has 0 radical (unpaired) electrons. The number of fused-ring (bicyclic) bond motifs is 1. The van der Waals surface area contributed by atoms with Crippen molar-refractivity contribution in [3.8, 4) is 0 Å². The van der Waals surface area contributed by atoms with E-state index in [9.17, 15) is 8.42 Å². The van der Waals surface area contributed by atoms with Crippen molar-refractivity contribution in [2.75, 3.05) is 13.6 Å². The average Bonchev–Trinajstić information content (AvgIpc) is 2.54. The van der Waals surface area contributed by atoms with Gasteiger partial charge in [-0.05, 0) is 35.2 Å². The van der Waals surface area contributed by atoms with Crippen molar-refractivity contribution in [2.45, 2.75) is 19.5 Å². The molecule has 0 N–H and O–H groups in total. The van der Waals surface area contributed by atoms with Gasteiger partial charge in [0.05, 0.1) is 0 Å². The van der Waals surface area contributed by atoms with Crippen molar-refractivity contribution in [2.24, 2.45) is 0 Å². The van der Waals surface area contributed by atoms with E-state index in [1.54, 1.807) is 23.5 Å². The number of hydrogen-bond acceptors (Lipinski definition) is 2. The zero-order valence-corrected chi connectivity index (χ0v) is 14.5. The van der Waals surface area contributed by atoms with Crippen LogP contribution in [0.4, 0.5) is 0 Å². The van der Waals surface area contributed by atoms with Gasteiger partial charge in [-0.25, -0.2) is 0 Å². The van der Waals surface area contributed by atoms with Gasteiger partial charge in [-0.1, -0.05) is 48.0 Å². The highest BCUT2D eigenvalue weighted by Gasteiger charge is 2.30. The first-order valence-electron chi connectivity index (χ1n) is 7.49. The van der Waals surface area contributed by atoms with Crippen molar-refractivity contribution >= 4 is 21.8 Å². The maximum absolute atomic E-state index is 12.8. The molecule has 2 aromatic carbocycles. The van der Waals surface area contributed by atoms with Gasteiger partial charge in [0.25, 0.3) is 10.2 Å². The van der Waals surface area contributed by atoms with Crippen LogP contribution in [0.15, 0.2) is 48.5 Å². The van der Waals surface area contributed by atoms with E-state index in [0.717, 1.165) is 17.5 Å². The van der Waals surface area contributed by atoms with Gasteiger partial charge in [0.2, 0.25) is 0 Å². The molecule has 2 aromatic rings. The summed E-state index contributed by atoms with van der Waals surface area (Å²) in [7, 11) is -1.88. The molecule has 23 heavy (non-hydrogen) atoms. The Kier molecular flexibility index (Phi) is 4.73. The Morgan fingerprint density at radius 3 is 2.61 bits per heavy atom. The van der Waals surface area contributed by atoms with Gasteiger partial charge in [0.1, 0.15) is 0 Å². The van der Waals surface area contributed by atoms with Gasteiger partial charge >= 0.3 is 0 Å². The zero-order valence-electron chi connectivity index (χ0n) is 12.9. The Morgan fingerprint density at radius 1 is 1.13 bits per heavy atom. The van der Waals surface area contributed by atoms with Gasteiger partial charge in [0.15, 0.2) is 0 Å². The van der Waals surface area contributed by atoms with Crippen LogP contribution >= 0.6 is 11.6 Å². The molecule has 0 amide bonds. The number of hydrogen-bond donors (Lipinski definition) is 0. The maximum Gasteiger partial charge on any atom is 0.282 e. The van der Waals surface area contributed by atoms with Crippen LogP contribution in [-0.2, 0) is 29.7 Å². The molecule has 0 unspecified atom stereocenters. The first-order valence-corrected chi connectivity index (χ1v) is 9.27. The molecule has 1 aliphatic rings. The van der Waals surface area contributed by atoms with E-state index in [1.807, 2.05) is 30.3 Å². The van der Waals surface area contributed by atoms with Crippen molar-refractivity contribution < 1.29 is 8.42 Å². The fourth-order valence-corrected chi connectivity index (χ4v) is 4.38. The van der Waals surface area contributed by atoms with E-state index in [1.165, 1.54) is 9.87 Å². The average molecular weight is 351 g/mol. The second-order valence-corrected chi connectivity index (χ2v) is 8.22. The lowest BCUT2D eigenvalue weighted by molar-refractivity contribution is 0.342. The highest BCUT2D eigenvalue weighted by Crippen LogP contribution is 2.23. The lowest BCUT2D eigenvalue weighted by Gasteiger charge is -2.31. The standard InChI is InChI=1S/C17H19ClN2O2S/c1-19(12-14-5-4-8-17(18)11-14)23(21,22)20-10-9-15-6-2-3-7-16(15)13-20/h2-8,11H,9-10,12-13H2,1H3. The minimum Gasteiger partial charge on any atom is -0.195 e. The first kappa shape index (κ1) is 16.5. The Labute approximate surface area is 142 Å². The summed E-state index contributed by atoms with van der Waals surface area (Å²) < 4.78 is 28.5. The third-order valence-corrected chi connectivity index (χ3v) is 6.23. The van der Waals surface area contributed by atoms with Gasteiger partial charge < -0.3 is 0 Å². The van der Waals surface area contributed by atoms with Crippen LogP contribution in [0.2, 0.25) is 5.02 Å². The van der Waals surface area contributed by atoms with E-state index in [4.69, 9.17) is 11.6 Å². The molecule has 1 aliphatic heterocycles. The second-order valence-electron chi connectivity index (χ2n) is 5.75. The Balaban J connectivity index is 1.76. The quantitative estimate of drug-likeness (QED) is 0.850. The topological polar surface area (TPSA) is 40.6 Å². The van der Waals surface area contributed by atoms with Crippen molar-refractivity contribution in [3.63, 3.8) is 0 Å². The van der Waals surface area contributed by atoms with Crippen molar-refractivity contribution in [3.05, 3.63) is 70.2 Å². The number of benzene rings is 2. The highest BCUT2D eigenvalue weighted by molar-refractivity contribution is 7.86. The van der Waals surface area contributed by atoms with Crippen molar-refractivity contribution in [1.29, 1.82) is 0 Å². The fraction of sp³-hybridized carbons (Fsp3) is 0.294. The molecule has 3 rings (SSSR count). The maximum atomic E-state index is 12.8. The predicted octanol–water partition coefficient (Wildman–Crippen LogP) is 3.07. The summed E-state index contributed by atoms with van der Waals surface area (Å²) in [5.74, 6) is 0. The molecule has 0 fully saturated rings. The lowest BCUT2D eigenvalue weighted by atomic mass is 10.0. The predicted molar refractivity (Wildman–Crippen MR) is 92.4 cm³/mol. The molecule has 6 heteroatoms. The molecular formula is C17H19ClN2O2S. The van der Waals surface area contributed by atoms with E-state index >= 15 is 0 Å². The molecule has 4 nitrogen and oxygen atoms in total. The second kappa shape index (κ2) is 6.61. The highest BCUT2D eigenvalue weighted by atomic mass is 35.5. The molecule has 0 aromatic heterocycles. The molecule has 0 aliphatic carbocycles. The molecule has 0 saturated heterocycles. The minimum absolute atomic E-state index is 0.307. The SMILES string of the molecule is CN(Cc1cccc(Cl)c1)S(=O)(=O)N1CCc2ccccc2C1. The summed E-state index contributed by atoms with van der Waals surface area (Å²) in [4.78, 5) is 0.